The Balaban J connectivity index is 2.03. The number of rotatable bonds is 4. The van der Waals surface area contributed by atoms with Crippen LogP contribution in [0.1, 0.15) is 28.1 Å². The highest BCUT2D eigenvalue weighted by molar-refractivity contribution is 5.41. The van der Waals surface area contributed by atoms with Gasteiger partial charge < -0.3 is 5.73 Å². The SMILES string of the molecule is Cc1ccc(-n2nnc(CN)c2Cc2ccc(F)cc2)cc1C. The first-order chi connectivity index (χ1) is 11.1. The molecule has 0 spiro atoms. The predicted molar refractivity (Wildman–Crippen MR) is 87.9 cm³/mol. The standard InChI is InChI=1S/C18H19FN4/c1-12-3-8-16(9-13(12)2)23-18(17(11-20)21-22-23)10-14-4-6-15(19)7-5-14/h3-9H,10-11,20H2,1-2H3. The second-order valence-electron chi connectivity index (χ2n) is 5.67. The predicted octanol–water partition coefficient (Wildman–Crippen LogP) is 3.07. The van der Waals surface area contributed by atoms with Gasteiger partial charge in [-0.1, -0.05) is 23.4 Å². The Morgan fingerprint density at radius 3 is 2.43 bits per heavy atom. The molecule has 0 saturated heterocycles. The Hall–Kier alpha value is -2.53. The normalized spacial score (nSPS) is 11.0. The number of benzene rings is 2. The van der Waals surface area contributed by atoms with Crippen molar-refractivity contribution in [3.05, 3.63) is 76.4 Å². The summed E-state index contributed by atoms with van der Waals surface area (Å²) in [7, 11) is 0. The fourth-order valence-electron chi connectivity index (χ4n) is 2.53. The second kappa shape index (κ2) is 6.30. The Bertz CT molecular complexity index is 822. The number of hydrogen-bond acceptors (Lipinski definition) is 3. The van der Waals surface area contributed by atoms with Crippen LogP contribution >= 0.6 is 0 Å². The number of aromatic nitrogens is 3. The Morgan fingerprint density at radius 1 is 1.04 bits per heavy atom. The Kier molecular flexibility index (Phi) is 4.21. The van der Waals surface area contributed by atoms with Gasteiger partial charge in [0.05, 0.1) is 11.4 Å². The first-order valence-corrected chi connectivity index (χ1v) is 7.54. The van der Waals surface area contributed by atoms with Crippen molar-refractivity contribution in [2.24, 2.45) is 5.73 Å². The summed E-state index contributed by atoms with van der Waals surface area (Å²) in [4.78, 5) is 0. The maximum absolute atomic E-state index is 13.1. The van der Waals surface area contributed by atoms with Crippen molar-refractivity contribution in [3.8, 4) is 5.69 Å². The molecule has 23 heavy (non-hydrogen) atoms. The maximum atomic E-state index is 13.1. The molecule has 2 N–H and O–H groups in total. The van der Waals surface area contributed by atoms with E-state index >= 15 is 0 Å². The van der Waals surface area contributed by atoms with Crippen LogP contribution < -0.4 is 5.73 Å². The zero-order valence-electron chi connectivity index (χ0n) is 13.3. The highest BCUT2D eigenvalue weighted by atomic mass is 19.1. The van der Waals surface area contributed by atoms with Gasteiger partial charge in [-0.3, -0.25) is 0 Å². The second-order valence-corrected chi connectivity index (χ2v) is 5.67. The third-order valence-corrected chi connectivity index (χ3v) is 4.06. The maximum Gasteiger partial charge on any atom is 0.123 e. The summed E-state index contributed by atoms with van der Waals surface area (Å²) in [5.41, 5.74) is 11.9. The lowest BCUT2D eigenvalue weighted by Crippen LogP contribution is -2.07. The highest BCUT2D eigenvalue weighted by Crippen LogP contribution is 2.19. The molecule has 0 aliphatic rings. The van der Waals surface area contributed by atoms with Crippen LogP contribution in [0.2, 0.25) is 0 Å². The molecule has 0 amide bonds. The Morgan fingerprint density at radius 2 is 1.78 bits per heavy atom. The van der Waals surface area contributed by atoms with Crippen molar-refractivity contribution in [2.75, 3.05) is 0 Å². The minimum absolute atomic E-state index is 0.242. The van der Waals surface area contributed by atoms with Crippen LogP contribution in [0.4, 0.5) is 4.39 Å². The molecule has 0 aliphatic carbocycles. The van der Waals surface area contributed by atoms with Gasteiger partial charge in [-0.05, 0) is 54.8 Å². The molecule has 0 saturated carbocycles. The third kappa shape index (κ3) is 3.14. The van der Waals surface area contributed by atoms with Crippen LogP contribution in [0, 0.1) is 19.7 Å². The number of nitrogens with two attached hydrogens (primary N) is 1. The van der Waals surface area contributed by atoms with E-state index in [9.17, 15) is 4.39 Å². The summed E-state index contributed by atoms with van der Waals surface area (Å²) >= 11 is 0. The van der Waals surface area contributed by atoms with E-state index in [1.165, 1.54) is 23.3 Å². The number of hydrogen-bond donors (Lipinski definition) is 1. The zero-order valence-corrected chi connectivity index (χ0v) is 13.3. The van der Waals surface area contributed by atoms with Gasteiger partial charge in [-0.25, -0.2) is 9.07 Å². The Labute approximate surface area is 134 Å². The molecule has 0 radical (unpaired) electrons. The smallest absolute Gasteiger partial charge is 0.123 e. The molecular weight excluding hydrogens is 291 g/mol. The summed E-state index contributed by atoms with van der Waals surface area (Å²) in [5, 5.41) is 8.45. The van der Waals surface area contributed by atoms with E-state index in [0.29, 0.717) is 13.0 Å². The van der Waals surface area contributed by atoms with Gasteiger partial charge in [-0.2, -0.15) is 0 Å². The lowest BCUT2D eigenvalue weighted by molar-refractivity contribution is 0.627. The highest BCUT2D eigenvalue weighted by Gasteiger charge is 2.14. The van der Waals surface area contributed by atoms with Crippen molar-refractivity contribution >= 4 is 0 Å². The molecule has 0 fully saturated rings. The van der Waals surface area contributed by atoms with Crippen molar-refractivity contribution < 1.29 is 4.39 Å². The minimum atomic E-state index is -0.242. The van der Waals surface area contributed by atoms with Gasteiger partial charge >= 0.3 is 0 Å². The van der Waals surface area contributed by atoms with Crippen molar-refractivity contribution in [2.45, 2.75) is 26.8 Å². The largest absolute Gasteiger partial charge is 0.325 e. The average molecular weight is 310 g/mol. The van der Waals surface area contributed by atoms with Gasteiger partial charge in [0, 0.05) is 13.0 Å². The number of nitrogens with zero attached hydrogens (tertiary/aromatic N) is 3. The van der Waals surface area contributed by atoms with E-state index in [1.807, 2.05) is 10.7 Å². The molecule has 1 aromatic heterocycles. The van der Waals surface area contributed by atoms with Gasteiger partial charge in [0.2, 0.25) is 0 Å². The molecule has 3 rings (SSSR count). The van der Waals surface area contributed by atoms with Crippen molar-refractivity contribution in [1.82, 2.24) is 15.0 Å². The molecule has 0 unspecified atom stereocenters. The summed E-state index contributed by atoms with van der Waals surface area (Å²) in [6.45, 7) is 4.46. The van der Waals surface area contributed by atoms with E-state index in [-0.39, 0.29) is 5.82 Å². The van der Waals surface area contributed by atoms with E-state index in [2.05, 4.69) is 36.3 Å². The fraction of sp³-hybridized carbons (Fsp3) is 0.222. The molecule has 5 heteroatoms. The van der Waals surface area contributed by atoms with Gasteiger partial charge in [0.1, 0.15) is 11.5 Å². The topological polar surface area (TPSA) is 56.7 Å². The van der Waals surface area contributed by atoms with E-state index in [0.717, 1.165) is 22.6 Å². The first-order valence-electron chi connectivity index (χ1n) is 7.54. The quantitative estimate of drug-likeness (QED) is 0.805. The first kappa shape index (κ1) is 15.4. The molecule has 0 aliphatic heterocycles. The lowest BCUT2D eigenvalue weighted by Gasteiger charge is -2.10. The summed E-state index contributed by atoms with van der Waals surface area (Å²) in [6, 6.07) is 12.6. The average Bonchev–Trinajstić information content (AvgIpc) is 2.95. The molecule has 118 valence electrons. The molecule has 0 bridgehead atoms. The third-order valence-electron chi connectivity index (χ3n) is 4.06. The molecule has 3 aromatic rings. The van der Waals surface area contributed by atoms with Crippen molar-refractivity contribution in [1.29, 1.82) is 0 Å². The number of aryl methyl sites for hydroxylation is 2. The molecular formula is C18H19FN4. The van der Waals surface area contributed by atoms with Crippen LogP contribution in [0.25, 0.3) is 5.69 Å². The van der Waals surface area contributed by atoms with Gasteiger partial charge in [0.25, 0.3) is 0 Å². The monoisotopic (exact) mass is 310 g/mol. The number of halogens is 1. The molecule has 4 nitrogen and oxygen atoms in total. The molecule has 1 heterocycles. The van der Waals surface area contributed by atoms with Crippen LogP contribution in [-0.2, 0) is 13.0 Å². The van der Waals surface area contributed by atoms with Gasteiger partial charge in [0.15, 0.2) is 0 Å². The van der Waals surface area contributed by atoms with E-state index in [1.54, 1.807) is 12.1 Å². The summed E-state index contributed by atoms with van der Waals surface area (Å²) < 4.78 is 14.9. The van der Waals surface area contributed by atoms with E-state index in [4.69, 9.17) is 5.73 Å². The van der Waals surface area contributed by atoms with Crippen LogP contribution in [0.15, 0.2) is 42.5 Å². The van der Waals surface area contributed by atoms with Crippen molar-refractivity contribution in [3.63, 3.8) is 0 Å². The van der Waals surface area contributed by atoms with Gasteiger partial charge in [-0.15, -0.1) is 5.10 Å². The summed E-state index contributed by atoms with van der Waals surface area (Å²) in [5.74, 6) is -0.242. The molecule has 2 aromatic carbocycles. The molecule has 0 atom stereocenters. The zero-order chi connectivity index (χ0) is 16.4. The minimum Gasteiger partial charge on any atom is -0.325 e. The fourth-order valence-corrected chi connectivity index (χ4v) is 2.53. The van der Waals surface area contributed by atoms with Crippen LogP contribution in [0.3, 0.4) is 0 Å². The van der Waals surface area contributed by atoms with Crippen LogP contribution in [-0.4, -0.2) is 15.0 Å². The summed E-state index contributed by atoms with van der Waals surface area (Å²) in [6.07, 6.45) is 0.604. The lowest BCUT2D eigenvalue weighted by atomic mass is 10.1. The van der Waals surface area contributed by atoms with E-state index < -0.39 is 0 Å². The van der Waals surface area contributed by atoms with Crippen LogP contribution in [0.5, 0.6) is 0 Å².